The quantitative estimate of drug-likeness (QED) is 0.511. The minimum Gasteiger partial charge on any atom is -0.497 e. The molecule has 186 valence electrons. The average molecular weight is 477 g/mol. The van der Waals surface area contributed by atoms with Crippen LogP contribution in [0.1, 0.15) is 50.6 Å². The first-order valence-corrected chi connectivity index (χ1v) is 12.4. The highest BCUT2D eigenvalue weighted by atomic mass is 16.5. The Morgan fingerprint density at radius 1 is 1.14 bits per heavy atom. The molecule has 1 fully saturated rings. The fourth-order valence-electron chi connectivity index (χ4n) is 4.43. The summed E-state index contributed by atoms with van der Waals surface area (Å²) in [5.41, 5.74) is 3.50. The van der Waals surface area contributed by atoms with Crippen molar-refractivity contribution in [3.8, 4) is 17.1 Å². The van der Waals surface area contributed by atoms with E-state index in [1.54, 1.807) is 7.11 Å². The van der Waals surface area contributed by atoms with Crippen molar-refractivity contribution in [2.45, 2.75) is 52.0 Å². The zero-order chi connectivity index (χ0) is 24.8. The molecule has 1 N–H and O–H groups in total. The Bertz CT molecular complexity index is 1100. The Kier molecular flexibility index (Phi) is 7.86. The summed E-state index contributed by atoms with van der Waals surface area (Å²) in [6.07, 6.45) is 2.68. The van der Waals surface area contributed by atoms with Gasteiger partial charge in [-0.1, -0.05) is 62.3 Å². The topological polar surface area (TPSA) is 80.5 Å². The number of rotatable bonds is 8. The van der Waals surface area contributed by atoms with Crippen LogP contribution in [0.4, 0.5) is 0 Å². The monoisotopic (exact) mass is 476 g/mol. The van der Waals surface area contributed by atoms with E-state index in [0.717, 1.165) is 37.1 Å². The molecule has 0 spiro atoms. The van der Waals surface area contributed by atoms with Crippen LogP contribution in [0.3, 0.4) is 0 Å². The van der Waals surface area contributed by atoms with Gasteiger partial charge in [-0.25, -0.2) is 0 Å². The Balaban J connectivity index is 1.27. The fraction of sp³-hybridized carbons (Fsp3) is 0.464. The van der Waals surface area contributed by atoms with E-state index in [1.165, 1.54) is 11.1 Å². The van der Waals surface area contributed by atoms with Gasteiger partial charge in [0.15, 0.2) is 0 Å². The number of hydrogen-bond donors (Lipinski definition) is 1. The van der Waals surface area contributed by atoms with E-state index in [4.69, 9.17) is 9.26 Å². The van der Waals surface area contributed by atoms with Gasteiger partial charge in [0.1, 0.15) is 5.75 Å². The number of nitrogens with one attached hydrogen (secondary N) is 1. The summed E-state index contributed by atoms with van der Waals surface area (Å²) in [4.78, 5) is 19.6. The molecule has 4 rings (SSSR count). The number of nitrogens with zero attached hydrogens (tertiary/aromatic N) is 3. The highest BCUT2D eigenvalue weighted by Crippen LogP contribution is 2.25. The first kappa shape index (κ1) is 24.9. The zero-order valence-corrected chi connectivity index (χ0v) is 21.2. The van der Waals surface area contributed by atoms with Crippen LogP contribution in [0, 0.1) is 5.92 Å². The van der Waals surface area contributed by atoms with Crippen LogP contribution in [-0.4, -0.2) is 47.7 Å². The molecule has 1 saturated heterocycles. The van der Waals surface area contributed by atoms with E-state index >= 15 is 0 Å². The Labute approximate surface area is 207 Å². The van der Waals surface area contributed by atoms with E-state index in [0.29, 0.717) is 31.3 Å². The van der Waals surface area contributed by atoms with Crippen molar-refractivity contribution in [2.24, 2.45) is 5.92 Å². The number of piperidine rings is 1. The fourth-order valence-corrected chi connectivity index (χ4v) is 4.43. The van der Waals surface area contributed by atoms with E-state index in [2.05, 4.69) is 53.3 Å². The number of methoxy groups -OCH3 is 1. The zero-order valence-electron chi connectivity index (χ0n) is 21.2. The van der Waals surface area contributed by atoms with Crippen molar-refractivity contribution in [2.75, 3.05) is 26.7 Å². The summed E-state index contributed by atoms with van der Waals surface area (Å²) in [6.45, 7) is 9.40. The van der Waals surface area contributed by atoms with Crippen LogP contribution >= 0.6 is 0 Å². The van der Waals surface area contributed by atoms with Gasteiger partial charge in [0.05, 0.1) is 19.6 Å². The van der Waals surface area contributed by atoms with Gasteiger partial charge in [-0.05, 0) is 54.5 Å². The predicted octanol–water partition coefficient (Wildman–Crippen LogP) is 4.61. The van der Waals surface area contributed by atoms with Crippen molar-refractivity contribution >= 4 is 5.91 Å². The number of carbonyl (C=O) groups excluding carboxylic acids is 1. The van der Waals surface area contributed by atoms with Gasteiger partial charge in [-0.15, -0.1) is 0 Å². The summed E-state index contributed by atoms with van der Waals surface area (Å²) in [5, 5.41) is 7.28. The number of carbonyl (C=O) groups is 1. The van der Waals surface area contributed by atoms with Crippen molar-refractivity contribution in [3.05, 3.63) is 65.5 Å². The Morgan fingerprint density at radius 2 is 1.89 bits per heavy atom. The standard InChI is InChI=1S/C28H36N4O3/c1-28(2,3)23-11-9-21(10-12-23)26-30-25(35-31-26)19-32-17-5-6-22(18-32)27(33)29-16-15-20-7-13-24(34-4)14-8-20/h7-14,22H,5-6,15-19H2,1-4H3,(H,29,33). The molecule has 0 bridgehead atoms. The molecule has 3 aromatic rings. The van der Waals surface area contributed by atoms with E-state index in [-0.39, 0.29) is 17.2 Å². The molecule has 2 heterocycles. The van der Waals surface area contributed by atoms with Gasteiger partial charge in [-0.2, -0.15) is 4.98 Å². The van der Waals surface area contributed by atoms with Gasteiger partial charge >= 0.3 is 0 Å². The van der Waals surface area contributed by atoms with Crippen LogP contribution in [-0.2, 0) is 23.2 Å². The summed E-state index contributed by atoms with van der Waals surface area (Å²) in [6, 6.07) is 16.3. The molecule has 1 aliphatic rings. The average Bonchev–Trinajstić information content (AvgIpc) is 3.32. The largest absolute Gasteiger partial charge is 0.497 e. The number of benzene rings is 2. The first-order valence-electron chi connectivity index (χ1n) is 12.4. The van der Waals surface area contributed by atoms with Crippen molar-refractivity contribution in [3.63, 3.8) is 0 Å². The molecule has 7 nitrogen and oxygen atoms in total. The number of likely N-dealkylation sites (tertiary alicyclic amines) is 1. The summed E-state index contributed by atoms with van der Waals surface area (Å²) < 4.78 is 10.7. The van der Waals surface area contributed by atoms with Crippen molar-refractivity contribution in [1.29, 1.82) is 0 Å². The molecule has 0 saturated carbocycles. The maximum absolute atomic E-state index is 12.8. The maximum Gasteiger partial charge on any atom is 0.241 e. The van der Waals surface area contributed by atoms with Crippen molar-refractivity contribution in [1.82, 2.24) is 20.4 Å². The van der Waals surface area contributed by atoms with E-state index in [9.17, 15) is 4.79 Å². The summed E-state index contributed by atoms with van der Waals surface area (Å²) in [5.74, 6) is 2.12. The minimum absolute atomic E-state index is 0.0213. The number of hydrogen-bond acceptors (Lipinski definition) is 6. The molecule has 1 unspecified atom stereocenters. The van der Waals surface area contributed by atoms with Gasteiger partial charge in [-0.3, -0.25) is 9.69 Å². The summed E-state index contributed by atoms with van der Waals surface area (Å²) in [7, 11) is 1.66. The second kappa shape index (κ2) is 11.0. The van der Waals surface area contributed by atoms with Gasteiger partial charge < -0.3 is 14.6 Å². The third kappa shape index (κ3) is 6.69. The molecule has 1 aliphatic heterocycles. The normalized spacial score (nSPS) is 16.7. The lowest BCUT2D eigenvalue weighted by molar-refractivity contribution is -0.126. The van der Waals surface area contributed by atoms with Crippen LogP contribution in [0.5, 0.6) is 5.75 Å². The SMILES string of the molecule is COc1ccc(CCNC(=O)C2CCCN(Cc3nc(-c4ccc(C(C)(C)C)cc4)no3)C2)cc1. The van der Waals surface area contributed by atoms with Crippen LogP contribution in [0.15, 0.2) is 53.1 Å². The molecular formula is C28H36N4O3. The molecule has 1 amide bonds. The highest BCUT2D eigenvalue weighted by molar-refractivity contribution is 5.79. The number of amides is 1. The molecule has 35 heavy (non-hydrogen) atoms. The lowest BCUT2D eigenvalue weighted by atomic mass is 9.87. The molecular weight excluding hydrogens is 440 g/mol. The van der Waals surface area contributed by atoms with Crippen LogP contribution < -0.4 is 10.1 Å². The number of ether oxygens (including phenoxy) is 1. The molecule has 1 aromatic heterocycles. The Hall–Kier alpha value is -3.19. The van der Waals surface area contributed by atoms with Gasteiger partial charge in [0.25, 0.3) is 0 Å². The minimum atomic E-state index is -0.0213. The van der Waals surface area contributed by atoms with Gasteiger partial charge in [0, 0.05) is 18.7 Å². The number of aromatic nitrogens is 2. The van der Waals surface area contributed by atoms with Crippen LogP contribution in [0.2, 0.25) is 0 Å². The van der Waals surface area contributed by atoms with Crippen LogP contribution in [0.25, 0.3) is 11.4 Å². The lowest BCUT2D eigenvalue weighted by Crippen LogP contribution is -2.43. The Morgan fingerprint density at radius 3 is 2.57 bits per heavy atom. The molecule has 7 heteroatoms. The maximum atomic E-state index is 12.8. The lowest BCUT2D eigenvalue weighted by Gasteiger charge is -2.30. The molecule has 0 aliphatic carbocycles. The summed E-state index contributed by atoms with van der Waals surface area (Å²) >= 11 is 0. The third-order valence-electron chi connectivity index (χ3n) is 6.58. The van der Waals surface area contributed by atoms with E-state index < -0.39 is 0 Å². The second-order valence-corrected chi connectivity index (χ2v) is 10.3. The molecule has 2 aromatic carbocycles. The smallest absolute Gasteiger partial charge is 0.241 e. The predicted molar refractivity (Wildman–Crippen MR) is 136 cm³/mol. The molecule has 0 radical (unpaired) electrons. The third-order valence-corrected chi connectivity index (χ3v) is 6.58. The molecule has 1 atom stereocenters. The highest BCUT2D eigenvalue weighted by Gasteiger charge is 2.27. The van der Waals surface area contributed by atoms with E-state index in [1.807, 2.05) is 36.4 Å². The van der Waals surface area contributed by atoms with Crippen molar-refractivity contribution < 1.29 is 14.1 Å². The van der Waals surface area contributed by atoms with Gasteiger partial charge in [0.2, 0.25) is 17.6 Å². The first-order chi connectivity index (χ1) is 16.8. The second-order valence-electron chi connectivity index (χ2n) is 10.3.